The van der Waals surface area contributed by atoms with Crippen LogP contribution in [0.1, 0.15) is 18.4 Å². The minimum Gasteiger partial charge on any atom is -0.485 e. The number of amides is 1. The van der Waals surface area contributed by atoms with E-state index in [1.165, 1.54) is 6.08 Å². The molecule has 1 unspecified atom stereocenters. The Balaban J connectivity index is 2.08. The van der Waals surface area contributed by atoms with E-state index in [-0.39, 0.29) is 24.4 Å². The van der Waals surface area contributed by atoms with E-state index in [1.807, 2.05) is 30.3 Å². The molecule has 0 saturated carbocycles. The van der Waals surface area contributed by atoms with Gasteiger partial charge < -0.3 is 15.4 Å². The molecule has 1 fully saturated rings. The van der Waals surface area contributed by atoms with Crippen LogP contribution in [0.5, 0.6) is 0 Å². The molecule has 5 heteroatoms. The smallest absolute Gasteiger partial charge is 0.251 e. The van der Waals surface area contributed by atoms with Gasteiger partial charge in [0, 0.05) is 12.6 Å². The molecule has 1 aliphatic heterocycles. The van der Waals surface area contributed by atoms with Crippen molar-refractivity contribution in [2.45, 2.75) is 25.6 Å². The third-order valence-electron chi connectivity index (χ3n) is 3.50. The van der Waals surface area contributed by atoms with Gasteiger partial charge in [-0.2, -0.15) is 0 Å². The average molecular weight is 300 g/mol. The molecule has 0 aliphatic carbocycles. The van der Waals surface area contributed by atoms with Crippen molar-refractivity contribution in [3.05, 3.63) is 60.4 Å². The number of nitrogens with zero attached hydrogens (tertiary/aromatic N) is 1. The first-order chi connectivity index (χ1) is 10.6. The quantitative estimate of drug-likeness (QED) is 0.641. The standard InChI is InChI=1S/C17H20N2O3/c1-2-14(20)15(22-12-13-7-4-3-5-8-13)11-17(21)19-10-6-9-16(19)18/h2-5,7-8,11,16H,1,6,9-10,12,18H2/b15-11-. The third kappa shape index (κ3) is 4.05. The van der Waals surface area contributed by atoms with Crippen molar-refractivity contribution in [2.24, 2.45) is 5.73 Å². The number of hydrogen-bond donors (Lipinski definition) is 1. The number of rotatable bonds is 6. The molecule has 116 valence electrons. The lowest BCUT2D eigenvalue weighted by Crippen LogP contribution is -2.40. The molecular weight excluding hydrogens is 280 g/mol. The normalized spacial score (nSPS) is 18.1. The van der Waals surface area contributed by atoms with Crippen molar-refractivity contribution in [3.8, 4) is 0 Å². The topological polar surface area (TPSA) is 72.6 Å². The zero-order valence-electron chi connectivity index (χ0n) is 12.4. The summed E-state index contributed by atoms with van der Waals surface area (Å²) in [4.78, 5) is 25.6. The van der Waals surface area contributed by atoms with Crippen LogP contribution in [0.2, 0.25) is 0 Å². The monoisotopic (exact) mass is 300 g/mol. The fraction of sp³-hybridized carbons (Fsp3) is 0.294. The van der Waals surface area contributed by atoms with Crippen molar-refractivity contribution in [1.82, 2.24) is 4.90 Å². The fourth-order valence-electron chi connectivity index (χ4n) is 2.28. The van der Waals surface area contributed by atoms with E-state index in [9.17, 15) is 9.59 Å². The van der Waals surface area contributed by atoms with Crippen LogP contribution in [0, 0.1) is 0 Å². The van der Waals surface area contributed by atoms with Gasteiger partial charge >= 0.3 is 0 Å². The highest BCUT2D eigenvalue weighted by Gasteiger charge is 2.25. The summed E-state index contributed by atoms with van der Waals surface area (Å²) in [7, 11) is 0. The minimum atomic E-state index is -0.419. The summed E-state index contributed by atoms with van der Waals surface area (Å²) in [5.74, 6) is -0.733. The van der Waals surface area contributed by atoms with Crippen LogP contribution in [0.25, 0.3) is 0 Å². The molecule has 1 amide bonds. The molecule has 0 aromatic heterocycles. The summed E-state index contributed by atoms with van der Waals surface area (Å²) in [5.41, 5.74) is 6.77. The number of nitrogens with two attached hydrogens (primary N) is 1. The number of hydrogen-bond acceptors (Lipinski definition) is 4. The lowest BCUT2D eigenvalue weighted by molar-refractivity contribution is -0.127. The van der Waals surface area contributed by atoms with Crippen molar-refractivity contribution >= 4 is 11.7 Å². The van der Waals surface area contributed by atoms with Gasteiger partial charge in [0.05, 0.1) is 6.17 Å². The van der Waals surface area contributed by atoms with Gasteiger partial charge in [-0.3, -0.25) is 9.59 Å². The van der Waals surface area contributed by atoms with E-state index < -0.39 is 5.78 Å². The van der Waals surface area contributed by atoms with Gasteiger partial charge in [-0.05, 0) is 24.5 Å². The first kappa shape index (κ1) is 16.0. The number of ether oxygens (including phenoxy) is 1. The maximum atomic E-state index is 12.2. The first-order valence-electron chi connectivity index (χ1n) is 7.23. The Morgan fingerprint density at radius 3 is 2.68 bits per heavy atom. The number of likely N-dealkylation sites (tertiary alicyclic amines) is 1. The second-order valence-corrected chi connectivity index (χ2v) is 5.09. The highest BCUT2D eigenvalue weighted by Crippen LogP contribution is 2.15. The predicted octanol–water partition coefficient (Wildman–Crippen LogP) is 1.75. The zero-order chi connectivity index (χ0) is 15.9. The molecule has 22 heavy (non-hydrogen) atoms. The highest BCUT2D eigenvalue weighted by molar-refractivity contribution is 6.06. The van der Waals surface area contributed by atoms with Crippen LogP contribution in [0.15, 0.2) is 54.8 Å². The summed E-state index contributed by atoms with van der Waals surface area (Å²) in [5, 5.41) is 0. The van der Waals surface area contributed by atoms with Crippen molar-refractivity contribution in [3.63, 3.8) is 0 Å². The largest absolute Gasteiger partial charge is 0.485 e. The Bertz CT molecular complexity index is 581. The summed E-state index contributed by atoms with van der Waals surface area (Å²) in [6, 6.07) is 9.42. The predicted molar refractivity (Wildman–Crippen MR) is 83.4 cm³/mol. The summed E-state index contributed by atoms with van der Waals surface area (Å²) in [6.45, 7) is 4.25. The maximum absolute atomic E-state index is 12.2. The third-order valence-corrected chi connectivity index (χ3v) is 3.50. The van der Waals surface area contributed by atoms with Crippen molar-refractivity contribution in [1.29, 1.82) is 0 Å². The molecule has 2 N–H and O–H groups in total. The number of allylic oxidation sites excluding steroid dienone is 1. The fourth-order valence-corrected chi connectivity index (χ4v) is 2.28. The minimum absolute atomic E-state index is 0.0112. The molecule has 1 aromatic carbocycles. The van der Waals surface area contributed by atoms with Gasteiger partial charge in [0.2, 0.25) is 5.78 Å². The maximum Gasteiger partial charge on any atom is 0.251 e. The van der Waals surface area contributed by atoms with Crippen molar-refractivity contribution < 1.29 is 14.3 Å². The van der Waals surface area contributed by atoms with Gasteiger partial charge in [-0.15, -0.1) is 0 Å². The van der Waals surface area contributed by atoms with Crippen LogP contribution >= 0.6 is 0 Å². The Hall–Kier alpha value is -2.40. The van der Waals surface area contributed by atoms with Gasteiger partial charge in [-0.1, -0.05) is 36.9 Å². The number of carbonyl (C=O) groups is 2. The molecule has 1 atom stereocenters. The zero-order valence-corrected chi connectivity index (χ0v) is 12.4. The molecule has 2 rings (SSSR count). The lowest BCUT2D eigenvalue weighted by atomic mass is 10.2. The average Bonchev–Trinajstić information content (AvgIpc) is 2.97. The SMILES string of the molecule is C=CC(=O)/C(=C/C(=O)N1CCCC1N)OCc1ccccc1. The molecule has 1 aromatic rings. The molecule has 5 nitrogen and oxygen atoms in total. The molecule has 1 aliphatic rings. The molecular formula is C17H20N2O3. The summed E-state index contributed by atoms with van der Waals surface area (Å²) < 4.78 is 5.50. The van der Waals surface area contributed by atoms with Crippen LogP contribution in [-0.2, 0) is 20.9 Å². The Morgan fingerprint density at radius 2 is 2.09 bits per heavy atom. The van der Waals surface area contributed by atoms with Crippen LogP contribution in [-0.4, -0.2) is 29.3 Å². The van der Waals surface area contributed by atoms with Gasteiger partial charge in [-0.25, -0.2) is 0 Å². The van der Waals surface area contributed by atoms with E-state index in [1.54, 1.807) is 4.90 Å². The molecule has 0 radical (unpaired) electrons. The van der Waals surface area contributed by atoms with E-state index in [4.69, 9.17) is 10.5 Å². The van der Waals surface area contributed by atoms with E-state index in [2.05, 4.69) is 6.58 Å². The van der Waals surface area contributed by atoms with Crippen LogP contribution in [0.3, 0.4) is 0 Å². The van der Waals surface area contributed by atoms with Gasteiger partial charge in [0.25, 0.3) is 5.91 Å². The first-order valence-corrected chi connectivity index (χ1v) is 7.23. The Labute approximate surface area is 130 Å². The number of carbonyl (C=O) groups excluding carboxylic acids is 2. The summed E-state index contributed by atoms with van der Waals surface area (Å²) in [6.07, 6.45) is 3.69. The Kier molecular flexibility index (Phi) is 5.49. The van der Waals surface area contributed by atoms with Gasteiger partial charge in [0.15, 0.2) is 5.76 Å². The summed E-state index contributed by atoms with van der Waals surface area (Å²) >= 11 is 0. The highest BCUT2D eigenvalue weighted by atomic mass is 16.5. The van der Waals surface area contributed by atoms with E-state index in [0.29, 0.717) is 6.54 Å². The number of benzene rings is 1. The van der Waals surface area contributed by atoms with Crippen LogP contribution in [0.4, 0.5) is 0 Å². The molecule has 0 bridgehead atoms. The van der Waals surface area contributed by atoms with Gasteiger partial charge in [0.1, 0.15) is 6.61 Å². The van der Waals surface area contributed by atoms with Crippen molar-refractivity contribution in [2.75, 3.05) is 6.54 Å². The van der Waals surface area contributed by atoms with E-state index in [0.717, 1.165) is 24.5 Å². The lowest BCUT2D eigenvalue weighted by Gasteiger charge is -2.19. The second-order valence-electron chi connectivity index (χ2n) is 5.09. The molecule has 1 saturated heterocycles. The number of ketones is 1. The Morgan fingerprint density at radius 1 is 1.36 bits per heavy atom. The molecule has 0 spiro atoms. The second kappa shape index (κ2) is 7.56. The van der Waals surface area contributed by atoms with Crippen LogP contribution < -0.4 is 5.73 Å². The molecule has 1 heterocycles. The van der Waals surface area contributed by atoms with E-state index >= 15 is 0 Å².